The molecule has 2 amide bonds. The fourth-order valence-corrected chi connectivity index (χ4v) is 12.8. The van der Waals surface area contributed by atoms with Crippen LogP contribution in [0.1, 0.15) is 120 Å². The highest BCUT2D eigenvalue weighted by atomic mass is 16.5. The molecule has 0 radical (unpaired) electrons. The van der Waals surface area contributed by atoms with Crippen LogP contribution in [0.3, 0.4) is 0 Å². The van der Waals surface area contributed by atoms with Gasteiger partial charge in [-0.25, -0.2) is 4.79 Å². The first kappa shape index (κ1) is 76.5. The summed E-state index contributed by atoms with van der Waals surface area (Å²) in [5.41, 5.74) is 19.4. The van der Waals surface area contributed by atoms with Gasteiger partial charge in [-0.05, 0) is 285 Å². The van der Waals surface area contributed by atoms with Gasteiger partial charge in [-0.1, -0.05) is 169 Å². The molecule has 0 bridgehead atoms. The van der Waals surface area contributed by atoms with Gasteiger partial charge in [-0.3, -0.25) is 9.59 Å². The molecular weight excluding hydrogens is 1340 g/mol. The molecule has 0 aromatic heterocycles. The number of rotatable bonds is 17. The molecule has 9 nitrogen and oxygen atoms in total. The van der Waals surface area contributed by atoms with Gasteiger partial charge in [0, 0.05) is 120 Å². The standard InChI is InChI=1S/C39H36N2O.C33H32N2O.C28H21NO2/c1-29(2)40(30(3)4)39(42)35-25-23-34(24-26-35)33-21-17-31(18-22-33)15-16-32-19-27-38(28-20-32)41(36-11-7-5-8-12-36)37-13-9-6-10-14-37;1-25(2)34(26(3)4)33(36)29-21-17-27(18-22-29)15-16-28-19-23-32(24-20-28)35(30-11-7-5-8-12-30)31-13-9-6-10-14-31;1-31-28(30)24-18-14-22(15-19-24)12-13-23-16-20-27(21-17-23)29(25-8-4-2-5-9-25)26-10-6-3-7-11-26/h5-14,17-30H,1-4H3;5-14,17-26H,1-4H3;2-11,14-21H,1H3. The van der Waals surface area contributed by atoms with Crippen LogP contribution in [0.25, 0.3) is 11.1 Å². The average Bonchev–Trinajstić information content (AvgIpc) is 0.826. The number of benzene rings is 13. The van der Waals surface area contributed by atoms with E-state index in [2.05, 4.69) is 236 Å². The highest BCUT2D eigenvalue weighted by Gasteiger charge is 2.24. The van der Waals surface area contributed by atoms with Crippen LogP contribution in [0.15, 0.2) is 352 Å². The molecule has 109 heavy (non-hydrogen) atoms. The maximum atomic E-state index is 13.0. The molecule has 9 heteroatoms. The Hall–Kier alpha value is -13.7. The molecule has 0 N–H and O–H groups in total. The lowest BCUT2D eigenvalue weighted by atomic mass is 10.0. The molecule has 13 rings (SSSR count). The Bertz CT molecular complexity index is 5130. The molecule has 0 saturated heterocycles. The number of anilines is 9. The summed E-state index contributed by atoms with van der Waals surface area (Å²) in [6.45, 7) is 16.4. The van der Waals surface area contributed by atoms with E-state index >= 15 is 0 Å². The van der Waals surface area contributed by atoms with Crippen molar-refractivity contribution in [2.75, 3.05) is 21.8 Å². The summed E-state index contributed by atoms with van der Waals surface area (Å²) in [6, 6.07) is 118. The molecule has 0 atom stereocenters. The van der Waals surface area contributed by atoms with Gasteiger partial charge in [0.1, 0.15) is 0 Å². The number of amides is 2. The summed E-state index contributed by atoms with van der Waals surface area (Å²) in [7, 11) is 1.37. The second kappa shape index (κ2) is 37.9. The minimum atomic E-state index is -0.350. The highest BCUT2D eigenvalue weighted by molar-refractivity contribution is 5.96. The molecule has 0 aliphatic carbocycles. The van der Waals surface area contributed by atoms with Gasteiger partial charge in [0.25, 0.3) is 11.8 Å². The van der Waals surface area contributed by atoms with Crippen LogP contribution in [0.4, 0.5) is 51.2 Å². The smallest absolute Gasteiger partial charge is 0.337 e. The zero-order valence-corrected chi connectivity index (χ0v) is 63.2. The van der Waals surface area contributed by atoms with Crippen molar-refractivity contribution < 1.29 is 19.1 Å². The van der Waals surface area contributed by atoms with Crippen molar-refractivity contribution in [3.05, 3.63) is 402 Å². The molecule has 13 aromatic rings. The predicted molar refractivity (Wildman–Crippen MR) is 450 cm³/mol. The van der Waals surface area contributed by atoms with E-state index in [1.54, 1.807) is 12.1 Å². The number of nitrogens with zero attached hydrogens (tertiary/aromatic N) is 5. The van der Waals surface area contributed by atoms with Crippen LogP contribution in [0.5, 0.6) is 0 Å². The lowest BCUT2D eigenvalue weighted by Crippen LogP contribution is -2.42. The van der Waals surface area contributed by atoms with Crippen molar-refractivity contribution in [1.29, 1.82) is 0 Å². The van der Waals surface area contributed by atoms with Crippen LogP contribution in [0.2, 0.25) is 0 Å². The van der Waals surface area contributed by atoms with Crippen molar-refractivity contribution in [1.82, 2.24) is 9.80 Å². The summed E-state index contributed by atoms with van der Waals surface area (Å²) in [6.07, 6.45) is 0. The molecule has 0 aliphatic heterocycles. The summed E-state index contributed by atoms with van der Waals surface area (Å²) in [4.78, 5) is 47.9. The van der Waals surface area contributed by atoms with Crippen molar-refractivity contribution in [2.24, 2.45) is 0 Å². The van der Waals surface area contributed by atoms with E-state index in [9.17, 15) is 14.4 Å². The van der Waals surface area contributed by atoms with Gasteiger partial charge in [0.05, 0.1) is 12.7 Å². The predicted octanol–water partition coefficient (Wildman–Crippen LogP) is 23.6. The quantitative estimate of drug-likeness (QED) is 0.0664. The summed E-state index contributed by atoms with van der Waals surface area (Å²) < 4.78 is 4.72. The van der Waals surface area contributed by atoms with Crippen LogP contribution >= 0.6 is 0 Å². The first-order valence-electron chi connectivity index (χ1n) is 36.8. The molecule has 0 heterocycles. The fraction of sp³-hybridized carbons (Fsp3) is 0.130. The minimum Gasteiger partial charge on any atom is -0.465 e. The zero-order chi connectivity index (χ0) is 76.4. The monoisotopic (exact) mass is 1420 g/mol. The molecule has 0 unspecified atom stereocenters. The molecular formula is C100H89N5O4. The summed E-state index contributed by atoms with van der Waals surface area (Å²) in [5.74, 6) is 19.2. The maximum absolute atomic E-state index is 13.0. The SMILES string of the molecule is CC(C)N(C(=O)c1ccc(-c2ccc(C#Cc3ccc(N(c4ccccc4)c4ccccc4)cc3)cc2)cc1)C(C)C.CC(C)N(C(=O)c1ccc(C#Cc2ccc(N(c3ccccc3)c3ccccc3)cc2)cc1)C(C)C.COC(=O)c1ccc(C#Cc2ccc(N(c3ccccc3)c3ccccc3)cc2)cc1. The maximum Gasteiger partial charge on any atom is 0.337 e. The van der Waals surface area contributed by atoms with E-state index in [-0.39, 0.29) is 42.0 Å². The Morgan fingerprint density at radius 2 is 0.404 bits per heavy atom. The third kappa shape index (κ3) is 20.7. The van der Waals surface area contributed by atoms with E-state index in [1.165, 1.54) is 7.11 Å². The Labute approximate surface area is 644 Å². The first-order valence-corrected chi connectivity index (χ1v) is 36.8. The average molecular weight is 1420 g/mol. The number of para-hydroxylation sites is 6. The lowest BCUT2D eigenvalue weighted by molar-refractivity contribution is 0.0597. The lowest BCUT2D eigenvalue weighted by Gasteiger charge is -2.30. The van der Waals surface area contributed by atoms with E-state index in [0.717, 1.165) is 95.7 Å². The van der Waals surface area contributed by atoms with Gasteiger partial charge in [-0.2, -0.15) is 0 Å². The topological polar surface area (TPSA) is 76.6 Å². The molecule has 0 aliphatic rings. The molecule has 0 fully saturated rings. The summed E-state index contributed by atoms with van der Waals surface area (Å²) >= 11 is 0. The molecule has 0 saturated carbocycles. The second-order valence-corrected chi connectivity index (χ2v) is 27.0. The minimum absolute atomic E-state index is 0.0523. The van der Waals surface area contributed by atoms with Crippen molar-refractivity contribution in [2.45, 2.75) is 79.6 Å². The van der Waals surface area contributed by atoms with Crippen LogP contribution in [0, 0.1) is 35.5 Å². The Morgan fingerprint density at radius 1 is 0.229 bits per heavy atom. The van der Waals surface area contributed by atoms with Crippen molar-refractivity contribution in [3.63, 3.8) is 0 Å². The van der Waals surface area contributed by atoms with Crippen LogP contribution in [-0.2, 0) is 4.74 Å². The highest BCUT2D eigenvalue weighted by Crippen LogP contribution is 2.37. The van der Waals surface area contributed by atoms with Gasteiger partial charge in [0.2, 0.25) is 0 Å². The number of esters is 1. The zero-order valence-electron chi connectivity index (χ0n) is 63.2. The summed E-state index contributed by atoms with van der Waals surface area (Å²) in [5, 5.41) is 0. The van der Waals surface area contributed by atoms with Gasteiger partial charge in [-0.15, -0.1) is 0 Å². The normalized spacial score (nSPS) is 10.5. The molecule has 13 aromatic carbocycles. The Kier molecular flexibility index (Phi) is 26.6. The Balaban J connectivity index is 0.000000164. The van der Waals surface area contributed by atoms with E-state index in [0.29, 0.717) is 16.7 Å². The number of carbonyl (C=O) groups excluding carboxylic acids is 3. The van der Waals surface area contributed by atoms with Crippen molar-refractivity contribution >= 4 is 69.0 Å². The number of carbonyl (C=O) groups is 3. The number of methoxy groups -OCH3 is 1. The van der Waals surface area contributed by atoms with Gasteiger partial charge in [0.15, 0.2) is 0 Å². The second-order valence-electron chi connectivity index (χ2n) is 27.0. The van der Waals surface area contributed by atoms with Gasteiger partial charge >= 0.3 is 5.97 Å². The third-order valence-corrected chi connectivity index (χ3v) is 18.0. The molecule has 538 valence electrons. The van der Waals surface area contributed by atoms with Crippen LogP contribution < -0.4 is 14.7 Å². The Morgan fingerprint density at radius 3 is 0.615 bits per heavy atom. The number of hydrogen-bond donors (Lipinski definition) is 0. The molecule has 0 spiro atoms. The number of ether oxygens (including phenoxy) is 1. The first-order chi connectivity index (χ1) is 53.1. The largest absolute Gasteiger partial charge is 0.465 e. The van der Waals surface area contributed by atoms with Crippen LogP contribution in [-0.4, -0.2) is 58.9 Å². The van der Waals surface area contributed by atoms with Crippen molar-refractivity contribution in [3.8, 4) is 46.6 Å². The van der Waals surface area contributed by atoms with E-state index in [4.69, 9.17) is 4.74 Å². The third-order valence-electron chi connectivity index (χ3n) is 18.0. The van der Waals surface area contributed by atoms with E-state index in [1.807, 2.05) is 219 Å². The van der Waals surface area contributed by atoms with Gasteiger partial charge < -0.3 is 29.2 Å². The number of hydrogen-bond acceptors (Lipinski definition) is 7. The van der Waals surface area contributed by atoms with E-state index < -0.39 is 0 Å². The fourth-order valence-electron chi connectivity index (χ4n) is 12.8.